The third-order valence-corrected chi connectivity index (χ3v) is 13.1. The van der Waals surface area contributed by atoms with Crippen LogP contribution in [0, 0.1) is 0 Å². The van der Waals surface area contributed by atoms with Crippen molar-refractivity contribution < 1.29 is 0 Å². The Labute approximate surface area is 359 Å². The Morgan fingerprint density at radius 2 is 0.710 bits per heavy atom. The Kier molecular flexibility index (Phi) is 7.49. The first kappa shape index (κ1) is 34.6. The van der Waals surface area contributed by atoms with Crippen molar-refractivity contribution in [2.75, 3.05) is 0 Å². The molecular formula is C58H36N4. The van der Waals surface area contributed by atoms with E-state index < -0.39 is 0 Å². The van der Waals surface area contributed by atoms with E-state index in [1.165, 1.54) is 66.4 Å². The molecule has 0 saturated heterocycles. The predicted octanol–water partition coefficient (Wildman–Crippen LogP) is 14.0. The molecule has 62 heavy (non-hydrogen) atoms. The molecule has 0 amide bonds. The summed E-state index contributed by atoms with van der Waals surface area (Å²) in [4.78, 5) is 14.9. The molecular weight excluding hydrogens is 753 g/mol. The van der Waals surface area contributed by atoms with Gasteiger partial charge in [-0.1, -0.05) is 170 Å². The maximum Gasteiger partial charge on any atom is 0.164 e. The minimum atomic E-state index is -0.380. The summed E-state index contributed by atoms with van der Waals surface area (Å²) in [6, 6.07) is 78.7. The summed E-state index contributed by atoms with van der Waals surface area (Å²) in [6.07, 6.45) is 0. The van der Waals surface area contributed by atoms with Gasteiger partial charge in [-0.25, -0.2) is 15.0 Å². The van der Waals surface area contributed by atoms with Crippen molar-refractivity contribution in [1.82, 2.24) is 19.5 Å². The molecule has 2 aliphatic rings. The summed E-state index contributed by atoms with van der Waals surface area (Å²) < 4.78 is 2.37. The first-order valence-corrected chi connectivity index (χ1v) is 21.2. The number of nitrogens with zero attached hydrogens (tertiary/aromatic N) is 4. The summed E-state index contributed by atoms with van der Waals surface area (Å²) >= 11 is 0. The van der Waals surface area contributed by atoms with Gasteiger partial charge in [-0.15, -0.1) is 0 Å². The summed E-state index contributed by atoms with van der Waals surface area (Å²) in [7, 11) is 0. The van der Waals surface area contributed by atoms with Gasteiger partial charge in [-0.2, -0.15) is 0 Å². The van der Waals surface area contributed by atoms with Gasteiger partial charge in [-0.05, 0) is 104 Å². The van der Waals surface area contributed by atoms with Gasteiger partial charge in [0.05, 0.1) is 16.4 Å². The molecule has 0 bridgehead atoms. The molecule has 4 nitrogen and oxygen atoms in total. The van der Waals surface area contributed by atoms with E-state index in [0.717, 1.165) is 33.4 Å². The molecule has 11 aromatic rings. The van der Waals surface area contributed by atoms with E-state index in [0.29, 0.717) is 17.5 Å². The maximum atomic E-state index is 4.98. The number of aromatic nitrogens is 4. The van der Waals surface area contributed by atoms with Crippen LogP contribution in [0.5, 0.6) is 0 Å². The average Bonchev–Trinajstić information content (AvgIpc) is 3.96. The van der Waals surface area contributed by atoms with Gasteiger partial charge in [0.2, 0.25) is 0 Å². The highest BCUT2D eigenvalue weighted by molar-refractivity contribution is 6.10. The summed E-state index contributed by atoms with van der Waals surface area (Å²) in [5.41, 5.74) is 18.9. The fourth-order valence-corrected chi connectivity index (χ4v) is 10.4. The van der Waals surface area contributed by atoms with Crippen LogP contribution in [-0.4, -0.2) is 19.5 Å². The standard InChI is InChI=1S/C58H36N4/c1-3-15-37(16-4-1)55-59-56(38-17-5-2-6-18-38)61-57(60-55)39-27-31-42(32-28-39)62-53-26-14-10-22-47(53)48-35-40(30-34-54(48)62)41-29-33-46-45-21-9-13-25-51(45)58(52(46)36-41)49-23-11-7-19-43(49)44-20-8-12-24-50(44)58/h1-36H. The number of benzene rings is 9. The zero-order chi connectivity index (χ0) is 40.8. The number of hydrogen-bond acceptors (Lipinski definition) is 3. The van der Waals surface area contributed by atoms with Crippen molar-refractivity contribution in [2.24, 2.45) is 0 Å². The highest BCUT2D eigenvalue weighted by atomic mass is 15.0. The molecule has 0 saturated carbocycles. The first-order valence-electron chi connectivity index (χ1n) is 21.2. The lowest BCUT2D eigenvalue weighted by atomic mass is 9.70. The molecule has 0 N–H and O–H groups in total. The van der Waals surface area contributed by atoms with Gasteiger partial charge < -0.3 is 4.57 Å². The lowest BCUT2D eigenvalue weighted by Crippen LogP contribution is -2.25. The van der Waals surface area contributed by atoms with Crippen molar-refractivity contribution in [2.45, 2.75) is 5.41 Å². The summed E-state index contributed by atoms with van der Waals surface area (Å²) in [5.74, 6) is 1.94. The van der Waals surface area contributed by atoms with Crippen molar-refractivity contribution >= 4 is 21.8 Å². The zero-order valence-electron chi connectivity index (χ0n) is 33.6. The molecule has 4 heteroatoms. The molecule has 1 spiro atoms. The summed E-state index contributed by atoms with van der Waals surface area (Å²) in [5, 5.41) is 2.43. The van der Waals surface area contributed by atoms with Crippen LogP contribution in [0.3, 0.4) is 0 Å². The van der Waals surface area contributed by atoms with E-state index in [2.05, 4.69) is 162 Å². The minimum Gasteiger partial charge on any atom is -0.309 e. The molecule has 0 radical (unpaired) electrons. The normalized spacial score (nSPS) is 13.0. The molecule has 2 heterocycles. The molecule has 9 aromatic carbocycles. The van der Waals surface area contributed by atoms with Crippen LogP contribution >= 0.6 is 0 Å². The van der Waals surface area contributed by atoms with E-state index in [-0.39, 0.29) is 5.41 Å². The number of para-hydroxylation sites is 1. The van der Waals surface area contributed by atoms with E-state index in [1.54, 1.807) is 0 Å². The molecule has 0 atom stereocenters. The number of hydrogen-bond donors (Lipinski definition) is 0. The Hall–Kier alpha value is -8.21. The second-order valence-electron chi connectivity index (χ2n) is 16.3. The van der Waals surface area contributed by atoms with E-state index in [9.17, 15) is 0 Å². The SMILES string of the molecule is c1ccc(-c2nc(-c3ccccc3)nc(-c3ccc(-n4c5ccccc5c5cc(-c6ccc7c(c6)C6(c8ccccc8-c8ccccc86)c6ccccc6-7)ccc54)cc3)n2)cc1. The molecule has 0 aliphatic heterocycles. The van der Waals surface area contributed by atoms with Crippen LogP contribution in [0.2, 0.25) is 0 Å². The van der Waals surface area contributed by atoms with Gasteiger partial charge in [0.15, 0.2) is 17.5 Å². The number of fused-ring (bicyclic) bond motifs is 13. The van der Waals surface area contributed by atoms with E-state index in [1.807, 2.05) is 60.7 Å². The third kappa shape index (κ3) is 4.98. The van der Waals surface area contributed by atoms with Crippen LogP contribution in [0.25, 0.3) is 95.0 Å². The van der Waals surface area contributed by atoms with Gasteiger partial charge in [0.25, 0.3) is 0 Å². The molecule has 0 unspecified atom stereocenters. The van der Waals surface area contributed by atoms with Crippen molar-refractivity contribution in [3.63, 3.8) is 0 Å². The van der Waals surface area contributed by atoms with E-state index >= 15 is 0 Å². The molecule has 0 fully saturated rings. The minimum absolute atomic E-state index is 0.380. The first-order chi connectivity index (χ1) is 30.7. The Morgan fingerprint density at radius 1 is 0.290 bits per heavy atom. The molecule has 13 rings (SSSR count). The van der Waals surface area contributed by atoms with Crippen molar-refractivity contribution in [3.8, 4) is 73.2 Å². The Balaban J connectivity index is 0.930. The van der Waals surface area contributed by atoms with Gasteiger partial charge in [-0.3, -0.25) is 0 Å². The molecule has 288 valence electrons. The van der Waals surface area contributed by atoms with Crippen LogP contribution in [-0.2, 0) is 5.41 Å². The monoisotopic (exact) mass is 788 g/mol. The van der Waals surface area contributed by atoms with Crippen molar-refractivity contribution in [3.05, 3.63) is 241 Å². The van der Waals surface area contributed by atoms with Crippen LogP contribution in [0.1, 0.15) is 22.3 Å². The lowest BCUT2D eigenvalue weighted by molar-refractivity contribution is 0.794. The quantitative estimate of drug-likeness (QED) is 0.174. The highest BCUT2D eigenvalue weighted by Crippen LogP contribution is 2.63. The maximum absolute atomic E-state index is 4.98. The van der Waals surface area contributed by atoms with E-state index in [4.69, 9.17) is 15.0 Å². The molecule has 2 aliphatic carbocycles. The second kappa shape index (κ2) is 13.4. The molecule has 2 aromatic heterocycles. The predicted molar refractivity (Wildman–Crippen MR) is 252 cm³/mol. The fraction of sp³-hybridized carbons (Fsp3) is 0.0172. The second-order valence-corrected chi connectivity index (χ2v) is 16.3. The van der Waals surface area contributed by atoms with Crippen LogP contribution in [0.15, 0.2) is 218 Å². The largest absolute Gasteiger partial charge is 0.309 e. The highest BCUT2D eigenvalue weighted by Gasteiger charge is 2.51. The van der Waals surface area contributed by atoms with Crippen molar-refractivity contribution in [1.29, 1.82) is 0 Å². The van der Waals surface area contributed by atoms with Gasteiger partial charge >= 0.3 is 0 Å². The third-order valence-electron chi connectivity index (χ3n) is 13.1. The Morgan fingerprint density at radius 3 is 1.29 bits per heavy atom. The topological polar surface area (TPSA) is 43.6 Å². The Bertz CT molecular complexity index is 3450. The fourth-order valence-electron chi connectivity index (χ4n) is 10.4. The van der Waals surface area contributed by atoms with Crippen LogP contribution in [0.4, 0.5) is 0 Å². The average molecular weight is 789 g/mol. The van der Waals surface area contributed by atoms with Gasteiger partial charge in [0, 0.05) is 33.2 Å². The van der Waals surface area contributed by atoms with Gasteiger partial charge in [0.1, 0.15) is 0 Å². The smallest absolute Gasteiger partial charge is 0.164 e. The number of rotatable bonds is 5. The zero-order valence-corrected chi connectivity index (χ0v) is 33.6. The van der Waals surface area contributed by atoms with Crippen LogP contribution < -0.4 is 0 Å². The summed E-state index contributed by atoms with van der Waals surface area (Å²) in [6.45, 7) is 0. The lowest BCUT2D eigenvalue weighted by Gasteiger charge is -2.30.